The van der Waals surface area contributed by atoms with Crippen molar-refractivity contribution in [3.05, 3.63) is 71.8 Å². The van der Waals surface area contributed by atoms with E-state index in [9.17, 15) is 14.4 Å². The summed E-state index contributed by atoms with van der Waals surface area (Å²) in [5.41, 5.74) is 2.06. The molecule has 1 N–H and O–H groups in total. The second kappa shape index (κ2) is 11.3. The molecule has 0 spiro atoms. The third-order valence-corrected chi connectivity index (χ3v) is 6.79. The van der Waals surface area contributed by atoms with E-state index in [4.69, 9.17) is 4.74 Å². The first kappa shape index (κ1) is 27.2. The minimum Gasteiger partial charge on any atom is -0.497 e. The Morgan fingerprint density at radius 2 is 1.76 bits per heavy atom. The molecule has 0 saturated heterocycles. The van der Waals surface area contributed by atoms with Gasteiger partial charge in [-0.2, -0.15) is 0 Å². The quantitative estimate of drug-likeness (QED) is 0.397. The highest BCUT2D eigenvalue weighted by Gasteiger charge is 2.32. The van der Waals surface area contributed by atoms with Gasteiger partial charge in [-0.3, -0.25) is 14.4 Å². The van der Waals surface area contributed by atoms with Gasteiger partial charge in [0.15, 0.2) is 0 Å². The monoisotopic (exact) mass is 515 g/mol. The molecule has 0 bridgehead atoms. The van der Waals surface area contributed by atoms with E-state index in [2.05, 4.69) is 5.32 Å². The lowest BCUT2D eigenvalue weighted by molar-refractivity contribution is -0.142. The lowest BCUT2D eigenvalue weighted by Crippen LogP contribution is -2.53. The average molecular weight is 516 g/mol. The number of nitrogens with zero attached hydrogens (tertiary/aromatic N) is 2. The number of anilines is 1. The number of ether oxygens (including phenoxy) is 1. The fraction of sp³-hybridized carbons (Fsp3) is 0.387. The van der Waals surface area contributed by atoms with Gasteiger partial charge in [0.2, 0.25) is 11.8 Å². The van der Waals surface area contributed by atoms with Gasteiger partial charge in [-0.15, -0.1) is 0 Å². The van der Waals surface area contributed by atoms with Gasteiger partial charge >= 0.3 is 0 Å². The zero-order valence-corrected chi connectivity index (χ0v) is 22.9. The Labute approximate surface area is 224 Å². The first-order valence-corrected chi connectivity index (χ1v) is 13.2. The Balaban J connectivity index is 1.51. The molecule has 4 rings (SSSR count). The van der Waals surface area contributed by atoms with Crippen molar-refractivity contribution in [2.24, 2.45) is 0 Å². The van der Waals surface area contributed by atoms with Crippen LogP contribution in [-0.2, 0) is 16.1 Å². The zero-order chi connectivity index (χ0) is 27.4. The molecule has 3 aromatic carbocycles. The van der Waals surface area contributed by atoms with E-state index >= 15 is 0 Å². The van der Waals surface area contributed by atoms with Crippen molar-refractivity contribution in [1.82, 2.24) is 10.2 Å². The number of methoxy groups -OCH3 is 1. The second-order valence-corrected chi connectivity index (χ2v) is 10.8. The minimum absolute atomic E-state index is 0.0338. The molecule has 1 aliphatic heterocycles. The normalized spacial score (nSPS) is 13.5. The largest absolute Gasteiger partial charge is 0.497 e. The topological polar surface area (TPSA) is 79.0 Å². The van der Waals surface area contributed by atoms with Crippen molar-refractivity contribution in [3.63, 3.8) is 0 Å². The summed E-state index contributed by atoms with van der Waals surface area (Å²) in [5, 5.41) is 5.03. The average Bonchev–Trinajstić information content (AvgIpc) is 3.15. The number of amides is 3. The highest BCUT2D eigenvalue weighted by molar-refractivity contribution is 6.25. The van der Waals surface area contributed by atoms with Crippen molar-refractivity contribution in [2.45, 2.75) is 65.1 Å². The summed E-state index contributed by atoms with van der Waals surface area (Å²) in [6, 6.07) is 18.6. The molecule has 3 amide bonds. The number of carbonyl (C=O) groups is 3. The molecule has 0 aliphatic carbocycles. The molecule has 7 heteroatoms. The number of carbonyl (C=O) groups excluding carboxylic acids is 3. The summed E-state index contributed by atoms with van der Waals surface area (Å²) >= 11 is 0. The minimum atomic E-state index is -0.612. The number of hydrogen-bond donors (Lipinski definition) is 1. The molecular weight excluding hydrogens is 478 g/mol. The van der Waals surface area contributed by atoms with Crippen LogP contribution in [0.1, 0.15) is 62.9 Å². The van der Waals surface area contributed by atoms with Crippen LogP contribution in [0.2, 0.25) is 0 Å². The number of rotatable bonds is 10. The highest BCUT2D eigenvalue weighted by atomic mass is 16.5. The summed E-state index contributed by atoms with van der Waals surface area (Å²) in [4.78, 5) is 43.4. The summed E-state index contributed by atoms with van der Waals surface area (Å²) in [5.74, 6) is 0.371. The van der Waals surface area contributed by atoms with Gasteiger partial charge in [-0.25, -0.2) is 0 Å². The molecule has 0 fully saturated rings. The van der Waals surface area contributed by atoms with Crippen LogP contribution >= 0.6 is 0 Å². The Morgan fingerprint density at radius 3 is 2.45 bits per heavy atom. The molecule has 3 aromatic rings. The van der Waals surface area contributed by atoms with Crippen molar-refractivity contribution in [1.29, 1.82) is 0 Å². The van der Waals surface area contributed by atoms with Crippen molar-refractivity contribution >= 4 is 34.2 Å². The molecule has 1 atom stereocenters. The van der Waals surface area contributed by atoms with Crippen LogP contribution in [0.4, 0.5) is 5.69 Å². The van der Waals surface area contributed by atoms with Crippen LogP contribution in [0.25, 0.3) is 10.8 Å². The van der Waals surface area contributed by atoms with Crippen LogP contribution in [0.3, 0.4) is 0 Å². The summed E-state index contributed by atoms with van der Waals surface area (Å²) in [6.07, 6.45) is 1.19. The van der Waals surface area contributed by atoms with E-state index in [-0.39, 0.29) is 24.1 Å². The fourth-order valence-electron chi connectivity index (χ4n) is 5.07. The Hall–Kier alpha value is -3.87. The van der Waals surface area contributed by atoms with Crippen LogP contribution in [0, 0.1) is 0 Å². The van der Waals surface area contributed by atoms with Gasteiger partial charge in [0, 0.05) is 36.0 Å². The van der Waals surface area contributed by atoms with Gasteiger partial charge in [0.1, 0.15) is 11.8 Å². The van der Waals surface area contributed by atoms with Crippen LogP contribution in [0.5, 0.6) is 5.75 Å². The molecule has 1 aliphatic rings. The Bertz CT molecular complexity index is 1340. The first-order chi connectivity index (χ1) is 18.1. The van der Waals surface area contributed by atoms with Gasteiger partial charge in [-0.1, -0.05) is 43.3 Å². The Morgan fingerprint density at radius 1 is 1.05 bits per heavy atom. The molecular formula is C31H37N3O4. The highest BCUT2D eigenvalue weighted by Crippen LogP contribution is 2.37. The number of nitrogens with one attached hydrogen (secondary N) is 1. The molecule has 1 heterocycles. The van der Waals surface area contributed by atoms with E-state index in [1.165, 1.54) is 0 Å². The molecule has 38 heavy (non-hydrogen) atoms. The zero-order valence-electron chi connectivity index (χ0n) is 22.9. The molecule has 0 aromatic heterocycles. The molecule has 200 valence electrons. The first-order valence-electron chi connectivity index (χ1n) is 13.2. The second-order valence-electron chi connectivity index (χ2n) is 10.8. The third kappa shape index (κ3) is 5.82. The van der Waals surface area contributed by atoms with Gasteiger partial charge < -0.3 is 19.9 Å². The van der Waals surface area contributed by atoms with E-state index in [1.54, 1.807) is 16.9 Å². The standard InChI is InChI=1S/C31H37N3O4/c1-6-25(29(36)32-31(2,3)4)34(20-21-11-7-14-23(19-21)38-5)27(35)17-10-18-33-26-16-9-13-22-12-8-15-24(28(22)26)30(33)37/h7-9,11-16,19,25H,6,10,17-18,20H2,1-5H3,(H,32,36). The third-order valence-electron chi connectivity index (χ3n) is 6.79. The molecule has 0 saturated carbocycles. The Kier molecular flexibility index (Phi) is 8.05. The number of benzene rings is 3. The van der Waals surface area contributed by atoms with E-state index in [0.717, 1.165) is 22.0 Å². The van der Waals surface area contributed by atoms with E-state index in [1.807, 2.05) is 88.4 Å². The van der Waals surface area contributed by atoms with Crippen molar-refractivity contribution < 1.29 is 19.1 Å². The van der Waals surface area contributed by atoms with Crippen LogP contribution < -0.4 is 15.0 Å². The summed E-state index contributed by atoms with van der Waals surface area (Å²) in [7, 11) is 1.60. The maximum absolute atomic E-state index is 13.6. The maximum atomic E-state index is 13.6. The fourth-order valence-corrected chi connectivity index (χ4v) is 5.07. The smallest absolute Gasteiger partial charge is 0.258 e. The van der Waals surface area contributed by atoms with Crippen LogP contribution in [-0.4, -0.2) is 47.9 Å². The van der Waals surface area contributed by atoms with E-state index < -0.39 is 11.6 Å². The molecule has 0 radical (unpaired) electrons. The maximum Gasteiger partial charge on any atom is 0.258 e. The number of hydrogen-bond acceptors (Lipinski definition) is 4. The predicted octanol–water partition coefficient (Wildman–Crippen LogP) is 5.31. The van der Waals surface area contributed by atoms with E-state index in [0.29, 0.717) is 37.2 Å². The van der Waals surface area contributed by atoms with Gasteiger partial charge in [0.05, 0.1) is 12.8 Å². The van der Waals surface area contributed by atoms with Crippen molar-refractivity contribution in [3.8, 4) is 5.75 Å². The predicted molar refractivity (Wildman–Crippen MR) is 150 cm³/mol. The SMILES string of the molecule is CCC(C(=O)NC(C)(C)C)N(Cc1cccc(OC)c1)C(=O)CCCN1C(=O)c2cccc3cccc1c23. The van der Waals surface area contributed by atoms with Gasteiger partial charge in [-0.05, 0) is 68.8 Å². The molecule has 7 nitrogen and oxygen atoms in total. The summed E-state index contributed by atoms with van der Waals surface area (Å²) < 4.78 is 5.36. The lowest BCUT2D eigenvalue weighted by Gasteiger charge is -2.33. The lowest BCUT2D eigenvalue weighted by atomic mass is 10.0. The van der Waals surface area contributed by atoms with Gasteiger partial charge in [0.25, 0.3) is 5.91 Å². The van der Waals surface area contributed by atoms with Crippen LogP contribution in [0.15, 0.2) is 60.7 Å². The summed E-state index contributed by atoms with van der Waals surface area (Å²) in [6.45, 7) is 8.42. The van der Waals surface area contributed by atoms with Crippen molar-refractivity contribution in [2.75, 3.05) is 18.6 Å². The molecule has 1 unspecified atom stereocenters.